The summed E-state index contributed by atoms with van der Waals surface area (Å²) >= 11 is 0. The first-order valence-corrected chi connectivity index (χ1v) is 6.73. The van der Waals surface area contributed by atoms with Crippen LogP contribution in [-0.4, -0.2) is 25.3 Å². The van der Waals surface area contributed by atoms with Crippen LogP contribution in [0.15, 0.2) is 54.6 Å². The van der Waals surface area contributed by atoms with Crippen molar-refractivity contribution in [3.05, 3.63) is 54.6 Å². The van der Waals surface area contributed by atoms with E-state index in [1.54, 1.807) is 0 Å². The predicted octanol–water partition coefficient (Wildman–Crippen LogP) is 4.24. The third-order valence-corrected chi connectivity index (χ3v) is 3.57. The van der Waals surface area contributed by atoms with E-state index in [2.05, 4.69) is 35.3 Å². The Morgan fingerprint density at radius 3 is 2.50 bits per heavy atom. The highest BCUT2D eigenvalue weighted by Gasteiger charge is 2.04. The minimum absolute atomic E-state index is 0.333. The van der Waals surface area contributed by atoms with Gasteiger partial charge in [-0.05, 0) is 29.8 Å². The van der Waals surface area contributed by atoms with Gasteiger partial charge in [0.05, 0.1) is 0 Å². The molecule has 1 N–H and O–H groups in total. The number of nitrogens with one attached hydrogen (secondary N) is 1. The van der Waals surface area contributed by atoms with Gasteiger partial charge in [0, 0.05) is 35.9 Å². The number of aromatic amines is 1. The first-order valence-electron chi connectivity index (χ1n) is 6.73. The van der Waals surface area contributed by atoms with E-state index in [0.29, 0.717) is 6.54 Å². The zero-order valence-electron chi connectivity index (χ0n) is 11.4. The summed E-state index contributed by atoms with van der Waals surface area (Å²) in [6.07, 6.45) is 0. The van der Waals surface area contributed by atoms with E-state index in [4.69, 9.17) is 0 Å². The zero-order chi connectivity index (χ0) is 13.9. The third kappa shape index (κ3) is 2.39. The Balaban J connectivity index is 1.90. The van der Waals surface area contributed by atoms with Crippen molar-refractivity contribution in [2.24, 2.45) is 0 Å². The quantitative estimate of drug-likeness (QED) is 0.749. The highest BCUT2D eigenvalue weighted by molar-refractivity contribution is 5.85. The molecule has 0 saturated carbocycles. The lowest BCUT2D eigenvalue weighted by molar-refractivity contribution is 0.497. The molecule has 0 aliphatic heterocycles. The number of H-pyrrole nitrogens is 1. The molecule has 0 saturated heterocycles. The van der Waals surface area contributed by atoms with Gasteiger partial charge in [0.25, 0.3) is 0 Å². The number of benzene rings is 2. The second-order valence-electron chi connectivity index (χ2n) is 4.93. The van der Waals surface area contributed by atoms with Crippen molar-refractivity contribution in [1.29, 1.82) is 0 Å². The van der Waals surface area contributed by atoms with E-state index < -0.39 is 0 Å². The fourth-order valence-electron chi connectivity index (χ4n) is 2.38. The molecule has 2 aromatic carbocycles. The Morgan fingerprint density at radius 2 is 1.80 bits per heavy atom. The van der Waals surface area contributed by atoms with Crippen molar-refractivity contribution in [2.75, 3.05) is 25.2 Å². The molecule has 3 rings (SSSR count). The largest absolute Gasteiger partial charge is 0.372 e. The van der Waals surface area contributed by atoms with E-state index in [9.17, 15) is 4.39 Å². The Kier molecular flexibility index (Phi) is 3.42. The number of alkyl halides is 1. The summed E-state index contributed by atoms with van der Waals surface area (Å²) in [6.45, 7) is 0.0893. The van der Waals surface area contributed by atoms with Gasteiger partial charge in [0.15, 0.2) is 0 Å². The molecule has 102 valence electrons. The van der Waals surface area contributed by atoms with E-state index >= 15 is 0 Å². The average Bonchev–Trinajstić information content (AvgIpc) is 2.91. The van der Waals surface area contributed by atoms with E-state index in [0.717, 1.165) is 22.5 Å². The normalized spacial score (nSPS) is 10.9. The number of halogens is 1. The molecule has 0 fully saturated rings. The topological polar surface area (TPSA) is 19.0 Å². The molecular weight excluding hydrogens is 250 g/mol. The standard InChI is InChI=1S/C17H17FN2/c1-20(11-10-18)15-8-6-13(7-9-15)17-12-14-4-2-3-5-16(14)19-17/h2-9,12,19H,10-11H2,1H3/i18-1. The van der Waals surface area contributed by atoms with Crippen LogP contribution in [0.5, 0.6) is 0 Å². The van der Waals surface area contributed by atoms with Crippen molar-refractivity contribution < 1.29 is 4.39 Å². The third-order valence-electron chi connectivity index (χ3n) is 3.57. The van der Waals surface area contributed by atoms with Gasteiger partial charge in [-0.3, -0.25) is 0 Å². The molecule has 0 spiro atoms. The number of fused-ring (bicyclic) bond motifs is 1. The highest BCUT2D eigenvalue weighted by atomic mass is 18.2. The number of nitrogens with zero attached hydrogens (tertiary/aromatic N) is 1. The fourth-order valence-corrected chi connectivity index (χ4v) is 2.38. The number of aromatic nitrogens is 1. The molecule has 20 heavy (non-hydrogen) atoms. The molecule has 0 atom stereocenters. The summed E-state index contributed by atoms with van der Waals surface area (Å²) < 4.78 is 12.3. The Labute approximate surface area is 117 Å². The number of hydrogen-bond acceptors (Lipinski definition) is 1. The summed E-state index contributed by atoms with van der Waals surface area (Å²) in [5.74, 6) is 0. The minimum Gasteiger partial charge on any atom is -0.372 e. The van der Waals surface area contributed by atoms with Crippen LogP contribution < -0.4 is 4.90 Å². The van der Waals surface area contributed by atoms with E-state index in [1.165, 1.54) is 5.39 Å². The van der Waals surface area contributed by atoms with Gasteiger partial charge < -0.3 is 9.88 Å². The molecule has 1 heterocycles. The molecule has 0 radical (unpaired) electrons. The summed E-state index contributed by atoms with van der Waals surface area (Å²) in [4.78, 5) is 5.32. The van der Waals surface area contributed by atoms with Crippen LogP contribution in [0.3, 0.4) is 0 Å². The zero-order valence-corrected chi connectivity index (χ0v) is 11.4. The molecule has 0 aliphatic rings. The molecule has 0 amide bonds. The lowest BCUT2D eigenvalue weighted by Gasteiger charge is -2.17. The maximum absolute atomic E-state index is 12.3. The molecule has 3 aromatic rings. The highest BCUT2D eigenvalue weighted by Crippen LogP contribution is 2.25. The van der Waals surface area contributed by atoms with Crippen molar-refractivity contribution in [1.82, 2.24) is 4.98 Å². The fraction of sp³-hybridized carbons (Fsp3) is 0.176. The Morgan fingerprint density at radius 1 is 1.05 bits per heavy atom. The maximum Gasteiger partial charge on any atom is 0.107 e. The van der Waals surface area contributed by atoms with Crippen LogP contribution in [0.1, 0.15) is 0 Å². The monoisotopic (exact) mass is 267 g/mol. The van der Waals surface area contributed by atoms with Crippen molar-refractivity contribution >= 4 is 16.6 Å². The Bertz CT molecular complexity index is 667. The van der Waals surface area contributed by atoms with Crippen LogP contribution >= 0.6 is 0 Å². The number of rotatable bonds is 4. The molecule has 3 heteroatoms. The lowest BCUT2D eigenvalue weighted by atomic mass is 10.1. The summed E-state index contributed by atoms with van der Waals surface area (Å²) in [6, 6.07) is 18.6. The summed E-state index contributed by atoms with van der Waals surface area (Å²) in [5.41, 5.74) is 4.41. The number of anilines is 1. The number of para-hydroxylation sites is 1. The van der Waals surface area contributed by atoms with Gasteiger partial charge in [-0.15, -0.1) is 0 Å². The maximum atomic E-state index is 12.3. The van der Waals surface area contributed by atoms with Crippen molar-refractivity contribution in [2.45, 2.75) is 0 Å². The molecule has 0 unspecified atom stereocenters. The van der Waals surface area contributed by atoms with Crippen molar-refractivity contribution in [3.8, 4) is 11.3 Å². The van der Waals surface area contributed by atoms with Gasteiger partial charge in [-0.25, -0.2) is 4.39 Å². The number of hydrogen-bond donors (Lipinski definition) is 1. The first kappa shape index (κ1) is 12.7. The predicted molar refractivity (Wildman–Crippen MR) is 83.0 cm³/mol. The smallest absolute Gasteiger partial charge is 0.107 e. The lowest BCUT2D eigenvalue weighted by Crippen LogP contribution is -2.19. The van der Waals surface area contributed by atoms with Crippen molar-refractivity contribution in [3.63, 3.8) is 0 Å². The molecule has 0 bridgehead atoms. The van der Waals surface area contributed by atoms with Gasteiger partial charge in [0.1, 0.15) is 6.67 Å². The van der Waals surface area contributed by atoms with Crippen LogP contribution in [-0.2, 0) is 0 Å². The Hall–Kier alpha value is -2.29. The SMILES string of the molecule is CN(CC[18F])c1ccc(-c2cc3ccccc3[nH]2)cc1. The van der Waals surface area contributed by atoms with Crippen LogP contribution in [0.4, 0.5) is 10.1 Å². The summed E-state index contributed by atoms with van der Waals surface area (Å²) in [7, 11) is 1.90. The van der Waals surface area contributed by atoms with Crippen LogP contribution in [0, 0.1) is 0 Å². The molecular formula is C17H17FN2. The van der Waals surface area contributed by atoms with E-state index in [-0.39, 0.29) is 6.67 Å². The van der Waals surface area contributed by atoms with Crippen LogP contribution in [0.2, 0.25) is 0 Å². The average molecular weight is 267 g/mol. The second-order valence-corrected chi connectivity index (χ2v) is 4.93. The molecule has 0 aliphatic carbocycles. The van der Waals surface area contributed by atoms with E-state index in [1.807, 2.05) is 36.2 Å². The van der Waals surface area contributed by atoms with Gasteiger partial charge in [-0.1, -0.05) is 30.3 Å². The van der Waals surface area contributed by atoms with Crippen LogP contribution in [0.25, 0.3) is 22.2 Å². The molecule has 1 aromatic heterocycles. The first-order chi connectivity index (χ1) is 9.78. The van der Waals surface area contributed by atoms with Gasteiger partial charge in [0.2, 0.25) is 0 Å². The molecule has 2 nitrogen and oxygen atoms in total. The van der Waals surface area contributed by atoms with Gasteiger partial charge in [-0.2, -0.15) is 0 Å². The summed E-state index contributed by atoms with van der Waals surface area (Å²) in [5, 5.41) is 1.21. The van der Waals surface area contributed by atoms with Gasteiger partial charge >= 0.3 is 0 Å². The minimum atomic E-state index is -0.333. The second kappa shape index (κ2) is 5.37.